The highest BCUT2D eigenvalue weighted by atomic mass is 16.4. The molecule has 0 aromatic carbocycles. The van der Waals surface area contributed by atoms with Crippen molar-refractivity contribution in [3.05, 3.63) is 24.3 Å². The number of carboxylic acid groups (broad SMARTS) is 1. The molecular weight excluding hydrogens is 260 g/mol. The molecule has 2 heteroatoms. The number of unbranched alkanes of at least 4 members (excludes halogenated alkanes) is 9. The maximum absolute atomic E-state index is 10.3. The van der Waals surface area contributed by atoms with Gasteiger partial charge in [0.2, 0.25) is 0 Å². The molecule has 2 nitrogen and oxygen atoms in total. The fraction of sp³-hybridized carbons (Fsp3) is 0.737. The molecule has 0 spiro atoms. The van der Waals surface area contributed by atoms with Crippen molar-refractivity contribution in [1.82, 2.24) is 0 Å². The van der Waals surface area contributed by atoms with Crippen molar-refractivity contribution in [2.75, 3.05) is 0 Å². The molecule has 0 aromatic heterocycles. The summed E-state index contributed by atoms with van der Waals surface area (Å²) < 4.78 is 0. The van der Waals surface area contributed by atoms with E-state index in [0.717, 1.165) is 19.3 Å². The van der Waals surface area contributed by atoms with E-state index in [1.54, 1.807) is 0 Å². The van der Waals surface area contributed by atoms with E-state index in [-0.39, 0.29) is 0 Å². The van der Waals surface area contributed by atoms with Gasteiger partial charge in [0.05, 0.1) is 0 Å². The molecule has 0 atom stereocenters. The van der Waals surface area contributed by atoms with Crippen LogP contribution in [-0.2, 0) is 4.79 Å². The van der Waals surface area contributed by atoms with Crippen LogP contribution in [0.2, 0.25) is 0 Å². The normalized spacial score (nSPS) is 11.7. The smallest absolute Gasteiger partial charge is 0.303 e. The van der Waals surface area contributed by atoms with E-state index >= 15 is 0 Å². The fourth-order valence-corrected chi connectivity index (χ4v) is 2.26. The summed E-state index contributed by atoms with van der Waals surface area (Å²) in [5.74, 6) is -0.667. The molecule has 122 valence electrons. The van der Waals surface area contributed by atoms with E-state index in [2.05, 4.69) is 31.2 Å². The first-order chi connectivity index (χ1) is 10.3. The molecule has 0 saturated heterocycles. The van der Waals surface area contributed by atoms with Gasteiger partial charge in [0.25, 0.3) is 0 Å². The van der Waals surface area contributed by atoms with Gasteiger partial charge < -0.3 is 5.11 Å². The summed E-state index contributed by atoms with van der Waals surface area (Å²) in [5, 5.41) is 8.52. The van der Waals surface area contributed by atoms with Gasteiger partial charge in [-0.2, -0.15) is 0 Å². The summed E-state index contributed by atoms with van der Waals surface area (Å²) in [4.78, 5) is 10.3. The molecule has 0 fully saturated rings. The fourth-order valence-electron chi connectivity index (χ4n) is 2.26. The van der Waals surface area contributed by atoms with Crippen molar-refractivity contribution in [1.29, 1.82) is 0 Å². The predicted molar refractivity (Wildman–Crippen MR) is 91.6 cm³/mol. The van der Waals surface area contributed by atoms with E-state index in [1.165, 1.54) is 57.8 Å². The molecule has 0 bridgehead atoms. The average Bonchev–Trinajstić information content (AvgIpc) is 2.46. The number of carbonyl (C=O) groups is 1. The number of rotatable bonds is 15. The van der Waals surface area contributed by atoms with Gasteiger partial charge in [-0.1, -0.05) is 69.8 Å². The lowest BCUT2D eigenvalue weighted by Crippen LogP contribution is -1.93. The zero-order chi connectivity index (χ0) is 15.6. The standard InChI is InChI=1S/C19H34O2/c1-2-3-4-5-6-7-8-9-10-11-12-13-14-15-16-17-18-19(20)21/h6-7,9-10H,2-5,8,11-18H2,1H3,(H,20,21)/b7-6?,10-9-. The second-order valence-corrected chi connectivity index (χ2v) is 5.73. The maximum Gasteiger partial charge on any atom is 0.303 e. The summed E-state index contributed by atoms with van der Waals surface area (Å²) in [6, 6.07) is 0. The Kier molecular flexibility index (Phi) is 16.2. The van der Waals surface area contributed by atoms with Gasteiger partial charge >= 0.3 is 5.97 Å². The maximum atomic E-state index is 10.3. The Morgan fingerprint density at radius 2 is 1.29 bits per heavy atom. The van der Waals surface area contributed by atoms with Gasteiger partial charge in [0.15, 0.2) is 0 Å². The van der Waals surface area contributed by atoms with E-state index < -0.39 is 5.97 Å². The Hall–Kier alpha value is -1.05. The number of hydrogen-bond donors (Lipinski definition) is 1. The van der Waals surface area contributed by atoms with Crippen LogP contribution in [0.15, 0.2) is 24.3 Å². The van der Waals surface area contributed by atoms with Crippen molar-refractivity contribution in [3.63, 3.8) is 0 Å². The van der Waals surface area contributed by atoms with Gasteiger partial charge in [0.1, 0.15) is 0 Å². The summed E-state index contributed by atoms with van der Waals surface area (Å²) >= 11 is 0. The van der Waals surface area contributed by atoms with Crippen molar-refractivity contribution in [3.8, 4) is 0 Å². The van der Waals surface area contributed by atoms with E-state index in [0.29, 0.717) is 6.42 Å². The molecule has 0 aliphatic rings. The molecule has 0 aliphatic heterocycles. The third-order valence-electron chi connectivity index (χ3n) is 3.59. The summed E-state index contributed by atoms with van der Waals surface area (Å²) in [5.41, 5.74) is 0. The zero-order valence-electron chi connectivity index (χ0n) is 13.9. The van der Waals surface area contributed by atoms with Crippen LogP contribution in [0.1, 0.15) is 90.4 Å². The van der Waals surface area contributed by atoms with Gasteiger partial charge in [-0.3, -0.25) is 4.79 Å². The molecule has 0 aromatic rings. The lowest BCUT2D eigenvalue weighted by atomic mass is 10.1. The highest BCUT2D eigenvalue weighted by Gasteiger charge is 1.96. The summed E-state index contributed by atoms with van der Waals surface area (Å²) in [6.07, 6.45) is 23.7. The van der Waals surface area contributed by atoms with E-state index in [4.69, 9.17) is 5.11 Å². The van der Waals surface area contributed by atoms with Crippen molar-refractivity contribution >= 4 is 5.97 Å². The van der Waals surface area contributed by atoms with Crippen molar-refractivity contribution in [2.45, 2.75) is 90.4 Å². The Labute approximate surface area is 131 Å². The molecule has 0 aliphatic carbocycles. The van der Waals surface area contributed by atoms with Crippen molar-refractivity contribution in [2.24, 2.45) is 0 Å². The molecule has 0 radical (unpaired) electrons. The largest absolute Gasteiger partial charge is 0.481 e. The Bertz CT molecular complexity index is 279. The molecular formula is C19H34O2. The van der Waals surface area contributed by atoms with Crippen LogP contribution in [0.3, 0.4) is 0 Å². The topological polar surface area (TPSA) is 37.3 Å². The minimum Gasteiger partial charge on any atom is -0.481 e. The first kappa shape index (κ1) is 19.9. The SMILES string of the molecule is CCCCCC=CC/C=C\CCCCCCCCC(=O)O. The van der Waals surface area contributed by atoms with Crippen LogP contribution < -0.4 is 0 Å². The second-order valence-electron chi connectivity index (χ2n) is 5.73. The lowest BCUT2D eigenvalue weighted by Gasteiger charge is -1.99. The molecule has 0 heterocycles. The van der Waals surface area contributed by atoms with Gasteiger partial charge in [-0.25, -0.2) is 0 Å². The molecule has 0 amide bonds. The van der Waals surface area contributed by atoms with Gasteiger partial charge in [0, 0.05) is 6.42 Å². The van der Waals surface area contributed by atoms with E-state index in [1.807, 2.05) is 0 Å². The van der Waals surface area contributed by atoms with Crippen LogP contribution in [0, 0.1) is 0 Å². The van der Waals surface area contributed by atoms with Crippen LogP contribution in [0.4, 0.5) is 0 Å². The van der Waals surface area contributed by atoms with Crippen LogP contribution >= 0.6 is 0 Å². The molecule has 0 unspecified atom stereocenters. The first-order valence-corrected chi connectivity index (χ1v) is 8.79. The average molecular weight is 294 g/mol. The number of hydrogen-bond acceptors (Lipinski definition) is 1. The quantitative estimate of drug-likeness (QED) is 0.285. The van der Waals surface area contributed by atoms with Crippen LogP contribution in [0.25, 0.3) is 0 Å². The highest BCUT2D eigenvalue weighted by molar-refractivity contribution is 5.66. The van der Waals surface area contributed by atoms with E-state index in [9.17, 15) is 4.79 Å². The minimum absolute atomic E-state index is 0.328. The summed E-state index contributed by atoms with van der Waals surface area (Å²) in [7, 11) is 0. The minimum atomic E-state index is -0.667. The van der Waals surface area contributed by atoms with Crippen LogP contribution in [0.5, 0.6) is 0 Å². The molecule has 1 N–H and O–H groups in total. The molecule has 21 heavy (non-hydrogen) atoms. The third kappa shape index (κ3) is 18.9. The first-order valence-electron chi connectivity index (χ1n) is 8.79. The number of carboxylic acids is 1. The Morgan fingerprint density at radius 3 is 1.86 bits per heavy atom. The Morgan fingerprint density at radius 1 is 0.762 bits per heavy atom. The van der Waals surface area contributed by atoms with Crippen molar-refractivity contribution < 1.29 is 9.90 Å². The van der Waals surface area contributed by atoms with Crippen LogP contribution in [-0.4, -0.2) is 11.1 Å². The monoisotopic (exact) mass is 294 g/mol. The number of aliphatic carboxylic acids is 1. The third-order valence-corrected chi connectivity index (χ3v) is 3.59. The highest BCUT2D eigenvalue weighted by Crippen LogP contribution is 2.09. The molecule has 0 rings (SSSR count). The molecule has 0 saturated carbocycles. The second kappa shape index (κ2) is 17.0. The zero-order valence-corrected chi connectivity index (χ0v) is 13.9. The lowest BCUT2D eigenvalue weighted by molar-refractivity contribution is -0.137. The van der Waals surface area contributed by atoms with Gasteiger partial charge in [-0.15, -0.1) is 0 Å². The Balaban J connectivity index is 3.16. The predicted octanol–water partition coefficient (Wildman–Crippen LogP) is 6.27. The summed E-state index contributed by atoms with van der Waals surface area (Å²) in [6.45, 7) is 2.24. The number of allylic oxidation sites excluding steroid dienone is 4. The van der Waals surface area contributed by atoms with Gasteiger partial charge in [-0.05, 0) is 38.5 Å².